The molecule has 1 saturated heterocycles. The zero-order valence-electron chi connectivity index (χ0n) is 15.3. The molecular formula is C19H27N5O. The van der Waals surface area contributed by atoms with Crippen molar-refractivity contribution in [2.24, 2.45) is 0 Å². The van der Waals surface area contributed by atoms with Crippen molar-refractivity contribution in [3.05, 3.63) is 46.8 Å². The second-order valence-electron chi connectivity index (χ2n) is 6.73. The van der Waals surface area contributed by atoms with Gasteiger partial charge in [0.05, 0.1) is 17.9 Å². The SMILES string of the molecule is CCc1nc(CN2CCC[C@H]2c2ccnc(CNC(C)=O)c2)c(C)[nH]1. The Hall–Kier alpha value is -2.21. The minimum Gasteiger partial charge on any atom is -0.351 e. The van der Waals surface area contributed by atoms with Gasteiger partial charge in [0.25, 0.3) is 0 Å². The van der Waals surface area contributed by atoms with Crippen LogP contribution in [0.5, 0.6) is 0 Å². The molecule has 1 aliphatic rings. The number of amides is 1. The highest BCUT2D eigenvalue weighted by Gasteiger charge is 2.27. The molecule has 0 unspecified atom stereocenters. The number of aromatic nitrogens is 3. The summed E-state index contributed by atoms with van der Waals surface area (Å²) in [6.07, 6.45) is 5.12. The van der Waals surface area contributed by atoms with Crippen LogP contribution in [-0.4, -0.2) is 32.3 Å². The highest BCUT2D eigenvalue weighted by atomic mass is 16.1. The molecule has 1 amide bonds. The quantitative estimate of drug-likeness (QED) is 0.847. The van der Waals surface area contributed by atoms with Crippen LogP contribution in [0.2, 0.25) is 0 Å². The van der Waals surface area contributed by atoms with Crippen LogP contribution in [0, 0.1) is 6.92 Å². The van der Waals surface area contributed by atoms with Gasteiger partial charge in [-0.3, -0.25) is 14.7 Å². The largest absolute Gasteiger partial charge is 0.351 e. The van der Waals surface area contributed by atoms with Crippen LogP contribution in [0.15, 0.2) is 18.3 Å². The van der Waals surface area contributed by atoms with Crippen molar-refractivity contribution >= 4 is 5.91 Å². The number of H-pyrrole nitrogens is 1. The highest BCUT2D eigenvalue weighted by molar-refractivity contribution is 5.72. The minimum absolute atomic E-state index is 0.0320. The Bertz CT molecular complexity index is 739. The van der Waals surface area contributed by atoms with E-state index in [1.807, 2.05) is 6.20 Å². The number of aryl methyl sites for hydroxylation is 2. The topological polar surface area (TPSA) is 73.9 Å². The van der Waals surface area contributed by atoms with E-state index in [0.29, 0.717) is 12.6 Å². The number of carbonyl (C=O) groups excluding carboxylic acids is 1. The van der Waals surface area contributed by atoms with Crippen LogP contribution >= 0.6 is 0 Å². The predicted molar refractivity (Wildman–Crippen MR) is 96.8 cm³/mol. The molecule has 134 valence electrons. The van der Waals surface area contributed by atoms with E-state index in [2.05, 4.69) is 46.2 Å². The van der Waals surface area contributed by atoms with Crippen LogP contribution in [0.4, 0.5) is 0 Å². The van der Waals surface area contributed by atoms with Crippen molar-refractivity contribution in [2.45, 2.75) is 59.2 Å². The van der Waals surface area contributed by atoms with E-state index in [1.165, 1.54) is 24.6 Å². The number of nitrogens with one attached hydrogen (secondary N) is 2. The monoisotopic (exact) mass is 341 g/mol. The van der Waals surface area contributed by atoms with Crippen molar-refractivity contribution in [1.29, 1.82) is 0 Å². The Morgan fingerprint density at radius 1 is 1.48 bits per heavy atom. The first-order valence-electron chi connectivity index (χ1n) is 9.04. The average Bonchev–Trinajstić information content (AvgIpc) is 3.20. The number of carbonyl (C=O) groups is 1. The van der Waals surface area contributed by atoms with Crippen molar-refractivity contribution < 1.29 is 4.79 Å². The molecule has 0 aromatic carbocycles. The van der Waals surface area contributed by atoms with Gasteiger partial charge >= 0.3 is 0 Å². The first kappa shape index (κ1) is 17.6. The molecule has 0 aliphatic carbocycles. The zero-order valence-corrected chi connectivity index (χ0v) is 15.3. The summed E-state index contributed by atoms with van der Waals surface area (Å²) in [5.41, 5.74) is 4.50. The third kappa shape index (κ3) is 4.25. The van der Waals surface area contributed by atoms with Crippen molar-refractivity contribution in [1.82, 2.24) is 25.2 Å². The summed E-state index contributed by atoms with van der Waals surface area (Å²) in [6, 6.07) is 4.60. The number of aromatic amines is 1. The molecule has 6 heteroatoms. The Morgan fingerprint density at radius 2 is 2.32 bits per heavy atom. The van der Waals surface area contributed by atoms with Gasteiger partial charge in [0.1, 0.15) is 5.82 Å². The fraction of sp³-hybridized carbons (Fsp3) is 0.526. The number of pyridine rings is 1. The Labute approximate surface area is 149 Å². The van der Waals surface area contributed by atoms with Gasteiger partial charge in [-0.1, -0.05) is 6.92 Å². The standard InChI is InChI=1S/C19H27N5O/c1-4-19-22-13(2)17(23-19)12-24-9-5-6-18(24)15-7-8-20-16(10-15)11-21-14(3)25/h7-8,10,18H,4-6,9,11-12H2,1-3H3,(H,21,25)(H,22,23)/t18-/m0/s1. The summed E-state index contributed by atoms with van der Waals surface area (Å²) < 4.78 is 0. The molecule has 2 N–H and O–H groups in total. The van der Waals surface area contributed by atoms with Gasteiger partial charge in [0.2, 0.25) is 5.91 Å². The molecule has 25 heavy (non-hydrogen) atoms. The minimum atomic E-state index is -0.0320. The van der Waals surface area contributed by atoms with Crippen LogP contribution in [0.1, 0.15) is 61.2 Å². The van der Waals surface area contributed by atoms with E-state index in [9.17, 15) is 4.79 Å². The van der Waals surface area contributed by atoms with Gasteiger partial charge in [0, 0.05) is 37.8 Å². The van der Waals surface area contributed by atoms with Crippen molar-refractivity contribution in [3.63, 3.8) is 0 Å². The molecule has 1 aliphatic heterocycles. The first-order chi connectivity index (χ1) is 12.1. The van der Waals surface area contributed by atoms with E-state index in [-0.39, 0.29) is 5.91 Å². The number of imidazole rings is 1. The average molecular weight is 341 g/mol. The van der Waals surface area contributed by atoms with Gasteiger partial charge in [-0.05, 0) is 44.0 Å². The van der Waals surface area contributed by atoms with Gasteiger partial charge in [-0.25, -0.2) is 4.98 Å². The highest BCUT2D eigenvalue weighted by Crippen LogP contribution is 2.33. The molecule has 1 fully saturated rings. The van der Waals surface area contributed by atoms with E-state index >= 15 is 0 Å². The number of hydrogen-bond acceptors (Lipinski definition) is 4. The lowest BCUT2D eigenvalue weighted by Crippen LogP contribution is -2.24. The Kier molecular flexibility index (Phi) is 5.48. The lowest BCUT2D eigenvalue weighted by atomic mass is 10.0. The number of nitrogens with zero attached hydrogens (tertiary/aromatic N) is 3. The number of likely N-dealkylation sites (tertiary alicyclic amines) is 1. The van der Waals surface area contributed by atoms with Crippen molar-refractivity contribution in [3.8, 4) is 0 Å². The third-order valence-electron chi connectivity index (χ3n) is 4.83. The van der Waals surface area contributed by atoms with E-state index in [1.54, 1.807) is 0 Å². The lowest BCUT2D eigenvalue weighted by Gasteiger charge is -2.24. The maximum atomic E-state index is 11.1. The molecule has 2 aromatic rings. The summed E-state index contributed by atoms with van der Waals surface area (Å²) in [6.45, 7) is 8.19. The second-order valence-corrected chi connectivity index (χ2v) is 6.73. The van der Waals surface area contributed by atoms with E-state index in [4.69, 9.17) is 4.98 Å². The van der Waals surface area contributed by atoms with Crippen LogP contribution in [0.25, 0.3) is 0 Å². The maximum Gasteiger partial charge on any atom is 0.217 e. The van der Waals surface area contributed by atoms with Crippen molar-refractivity contribution in [2.75, 3.05) is 6.54 Å². The number of rotatable bonds is 6. The molecule has 3 rings (SSSR count). The molecule has 0 bridgehead atoms. The summed E-state index contributed by atoms with van der Waals surface area (Å²) in [4.78, 5) is 26.1. The third-order valence-corrected chi connectivity index (χ3v) is 4.83. The molecule has 0 radical (unpaired) electrons. The normalized spacial score (nSPS) is 17.8. The molecule has 1 atom stereocenters. The lowest BCUT2D eigenvalue weighted by molar-refractivity contribution is -0.119. The summed E-state index contributed by atoms with van der Waals surface area (Å²) in [5, 5.41) is 2.82. The Morgan fingerprint density at radius 3 is 3.04 bits per heavy atom. The second kappa shape index (κ2) is 7.78. The molecule has 3 heterocycles. The summed E-state index contributed by atoms with van der Waals surface area (Å²) in [5.74, 6) is 1.03. The Balaban J connectivity index is 1.73. The van der Waals surface area contributed by atoms with Gasteiger partial charge < -0.3 is 10.3 Å². The van der Waals surface area contributed by atoms with Crippen LogP contribution < -0.4 is 5.32 Å². The smallest absolute Gasteiger partial charge is 0.217 e. The maximum absolute atomic E-state index is 11.1. The fourth-order valence-electron chi connectivity index (χ4n) is 3.49. The van der Waals surface area contributed by atoms with E-state index < -0.39 is 0 Å². The molecule has 0 spiro atoms. The number of hydrogen-bond donors (Lipinski definition) is 2. The molecule has 2 aromatic heterocycles. The molecule has 6 nitrogen and oxygen atoms in total. The molecule has 0 saturated carbocycles. The first-order valence-corrected chi connectivity index (χ1v) is 9.04. The molecular weight excluding hydrogens is 314 g/mol. The summed E-state index contributed by atoms with van der Waals surface area (Å²) >= 11 is 0. The fourth-order valence-corrected chi connectivity index (χ4v) is 3.49. The van der Waals surface area contributed by atoms with Gasteiger partial charge in [-0.15, -0.1) is 0 Å². The van der Waals surface area contributed by atoms with Gasteiger partial charge in [0.15, 0.2) is 0 Å². The van der Waals surface area contributed by atoms with Gasteiger partial charge in [-0.2, -0.15) is 0 Å². The van der Waals surface area contributed by atoms with Crippen LogP contribution in [0.3, 0.4) is 0 Å². The van der Waals surface area contributed by atoms with Crippen LogP contribution in [-0.2, 0) is 24.3 Å². The predicted octanol–water partition coefficient (Wildman–Crippen LogP) is 2.65. The summed E-state index contributed by atoms with van der Waals surface area (Å²) in [7, 11) is 0. The zero-order chi connectivity index (χ0) is 17.8. The van der Waals surface area contributed by atoms with E-state index in [0.717, 1.165) is 43.1 Å².